The van der Waals surface area contributed by atoms with Crippen molar-refractivity contribution in [1.29, 1.82) is 0 Å². The van der Waals surface area contributed by atoms with Gasteiger partial charge in [-0.25, -0.2) is 0 Å². The van der Waals surface area contributed by atoms with Crippen molar-refractivity contribution in [2.45, 2.75) is 38.2 Å². The number of carbonyl (C=O) groups is 1. The lowest BCUT2D eigenvalue weighted by Crippen LogP contribution is -2.43. The van der Waals surface area contributed by atoms with Crippen LogP contribution in [0.25, 0.3) is 0 Å². The number of carboxylic acid groups (broad SMARTS) is 1. The van der Waals surface area contributed by atoms with Crippen molar-refractivity contribution >= 4 is 5.97 Å². The molecule has 0 saturated carbocycles. The summed E-state index contributed by atoms with van der Waals surface area (Å²) in [6.07, 6.45) is 0.696. The Balaban J connectivity index is 2.40. The minimum absolute atomic E-state index is 0.0234. The molecule has 104 valence electrons. The first-order chi connectivity index (χ1) is 8.98. The van der Waals surface area contributed by atoms with Crippen LogP contribution < -0.4 is 4.74 Å². The number of ether oxygens (including phenoxy) is 2. The topological polar surface area (TPSA) is 55.8 Å². The van der Waals surface area contributed by atoms with Crippen LogP contribution in [0.2, 0.25) is 0 Å². The molecule has 1 unspecified atom stereocenters. The summed E-state index contributed by atoms with van der Waals surface area (Å²) >= 11 is 0. The van der Waals surface area contributed by atoms with Gasteiger partial charge in [0.2, 0.25) is 0 Å². The predicted molar refractivity (Wildman–Crippen MR) is 71.6 cm³/mol. The summed E-state index contributed by atoms with van der Waals surface area (Å²) in [7, 11) is 1.61. The molecule has 0 amide bonds. The summed E-state index contributed by atoms with van der Waals surface area (Å²) in [6.45, 7) is 4.82. The molecule has 1 saturated heterocycles. The SMILES string of the molecule is COc1cc(C(C)C)ccc1C1(CC(=O)O)CCO1. The molecule has 4 heteroatoms. The molecule has 0 aromatic heterocycles. The Morgan fingerprint density at radius 3 is 2.63 bits per heavy atom. The van der Waals surface area contributed by atoms with Crippen LogP contribution in [0.15, 0.2) is 18.2 Å². The maximum absolute atomic E-state index is 11.0. The first-order valence-corrected chi connectivity index (χ1v) is 6.52. The van der Waals surface area contributed by atoms with E-state index in [2.05, 4.69) is 13.8 Å². The second-order valence-corrected chi connectivity index (χ2v) is 5.28. The lowest BCUT2D eigenvalue weighted by Gasteiger charge is -2.42. The number of carboxylic acids is 1. The number of methoxy groups -OCH3 is 1. The van der Waals surface area contributed by atoms with Crippen molar-refractivity contribution in [2.24, 2.45) is 0 Å². The Morgan fingerprint density at radius 2 is 2.21 bits per heavy atom. The van der Waals surface area contributed by atoms with E-state index in [1.165, 1.54) is 5.56 Å². The molecule has 1 atom stereocenters. The molecule has 0 aliphatic carbocycles. The van der Waals surface area contributed by atoms with Crippen LogP contribution in [0.3, 0.4) is 0 Å². The number of aliphatic carboxylic acids is 1. The third kappa shape index (κ3) is 2.59. The highest BCUT2D eigenvalue weighted by molar-refractivity contribution is 5.69. The van der Waals surface area contributed by atoms with Gasteiger partial charge in [-0.2, -0.15) is 0 Å². The van der Waals surface area contributed by atoms with E-state index in [0.717, 1.165) is 12.0 Å². The molecule has 4 nitrogen and oxygen atoms in total. The Labute approximate surface area is 113 Å². The van der Waals surface area contributed by atoms with Crippen LogP contribution in [0.1, 0.15) is 43.7 Å². The van der Waals surface area contributed by atoms with E-state index < -0.39 is 11.6 Å². The monoisotopic (exact) mass is 264 g/mol. The molecule has 19 heavy (non-hydrogen) atoms. The molecule has 2 rings (SSSR count). The van der Waals surface area contributed by atoms with Gasteiger partial charge in [-0.05, 0) is 17.5 Å². The van der Waals surface area contributed by atoms with E-state index in [1.807, 2.05) is 18.2 Å². The molecule has 1 aliphatic heterocycles. The zero-order valence-electron chi connectivity index (χ0n) is 11.6. The van der Waals surface area contributed by atoms with Crippen molar-refractivity contribution in [3.63, 3.8) is 0 Å². The quantitative estimate of drug-likeness (QED) is 0.888. The molecule has 1 fully saturated rings. The largest absolute Gasteiger partial charge is 0.496 e. The predicted octanol–water partition coefficient (Wildman–Crippen LogP) is 2.91. The van der Waals surface area contributed by atoms with Gasteiger partial charge < -0.3 is 14.6 Å². The van der Waals surface area contributed by atoms with Gasteiger partial charge in [-0.1, -0.05) is 26.0 Å². The average molecular weight is 264 g/mol. The molecule has 1 aromatic rings. The summed E-state index contributed by atoms with van der Waals surface area (Å²) in [5.41, 5.74) is 1.30. The average Bonchev–Trinajstić information content (AvgIpc) is 2.32. The van der Waals surface area contributed by atoms with Gasteiger partial charge in [0.1, 0.15) is 11.4 Å². The zero-order chi connectivity index (χ0) is 14.0. The van der Waals surface area contributed by atoms with E-state index in [0.29, 0.717) is 18.3 Å². The summed E-state index contributed by atoms with van der Waals surface area (Å²) in [5, 5.41) is 9.06. The molecule has 1 N–H and O–H groups in total. The number of rotatable bonds is 5. The van der Waals surface area contributed by atoms with Gasteiger partial charge in [-0.3, -0.25) is 4.79 Å². The normalized spacial score (nSPS) is 22.1. The highest BCUT2D eigenvalue weighted by atomic mass is 16.5. The zero-order valence-corrected chi connectivity index (χ0v) is 11.6. The Kier molecular flexibility index (Phi) is 3.80. The minimum atomic E-state index is -0.852. The van der Waals surface area contributed by atoms with E-state index in [4.69, 9.17) is 14.6 Å². The summed E-state index contributed by atoms with van der Waals surface area (Å²) in [4.78, 5) is 11.0. The first-order valence-electron chi connectivity index (χ1n) is 6.52. The number of hydrogen-bond acceptors (Lipinski definition) is 3. The fourth-order valence-electron chi connectivity index (χ4n) is 2.48. The van der Waals surface area contributed by atoms with E-state index in [1.54, 1.807) is 7.11 Å². The van der Waals surface area contributed by atoms with Gasteiger partial charge >= 0.3 is 5.97 Å². The van der Waals surface area contributed by atoms with E-state index >= 15 is 0 Å². The van der Waals surface area contributed by atoms with Crippen LogP contribution in [0.4, 0.5) is 0 Å². The van der Waals surface area contributed by atoms with Gasteiger partial charge in [0.25, 0.3) is 0 Å². The highest BCUT2D eigenvalue weighted by Crippen LogP contribution is 2.45. The van der Waals surface area contributed by atoms with Gasteiger partial charge in [-0.15, -0.1) is 0 Å². The van der Waals surface area contributed by atoms with Crippen LogP contribution in [0.5, 0.6) is 5.75 Å². The molecular formula is C15H20O4. The highest BCUT2D eigenvalue weighted by Gasteiger charge is 2.44. The van der Waals surface area contributed by atoms with Crippen LogP contribution in [-0.4, -0.2) is 24.8 Å². The summed E-state index contributed by atoms with van der Waals surface area (Å²) in [5.74, 6) is 0.266. The lowest BCUT2D eigenvalue weighted by molar-refractivity contribution is -0.176. The van der Waals surface area contributed by atoms with Crippen LogP contribution >= 0.6 is 0 Å². The number of hydrogen-bond donors (Lipinski definition) is 1. The summed E-state index contributed by atoms with van der Waals surface area (Å²) in [6, 6.07) is 5.94. The summed E-state index contributed by atoms with van der Waals surface area (Å²) < 4.78 is 11.0. The van der Waals surface area contributed by atoms with Crippen LogP contribution in [-0.2, 0) is 15.1 Å². The first kappa shape index (κ1) is 13.9. The van der Waals surface area contributed by atoms with E-state index in [-0.39, 0.29) is 6.42 Å². The Morgan fingerprint density at radius 1 is 1.53 bits per heavy atom. The minimum Gasteiger partial charge on any atom is -0.496 e. The fourth-order valence-corrected chi connectivity index (χ4v) is 2.48. The van der Waals surface area contributed by atoms with Crippen molar-refractivity contribution in [3.8, 4) is 5.75 Å². The molecule has 1 aromatic carbocycles. The lowest BCUT2D eigenvalue weighted by atomic mass is 9.82. The van der Waals surface area contributed by atoms with Crippen molar-refractivity contribution in [1.82, 2.24) is 0 Å². The maximum atomic E-state index is 11.0. The Hall–Kier alpha value is -1.55. The second-order valence-electron chi connectivity index (χ2n) is 5.28. The second kappa shape index (κ2) is 5.21. The van der Waals surface area contributed by atoms with Crippen molar-refractivity contribution < 1.29 is 19.4 Å². The Bertz CT molecular complexity index is 475. The number of benzene rings is 1. The third-order valence-corrected chi connectivity index (χ3v) is 3.70. The molecule has 1 heterocycles. The van der Waals surface area contributed by atoms with Crippen molar-refractivity contribution in [3.05, 3.63) is 29.3 Å². The molecule has 0 spiro atoms. The molecule has 0 radical (unpaired) electrons. The van der Waals surface area contributed by atoms with Crippen LogP contribution in [0, 0.1) is 0 Å². The van der Waals surface area contributed by atoms with Gasteiger partial charge in [0.15, 0.2) is 0 Å². The standard InChI is InChI=1S/C15H20O4/c1-10(2)11-4-5-12(13(8-11)18-3)15(6-7-19-15)9-14(16)17/h4-5,8,10H,6-7,9H2,1-3H3,(H,16,17). The smallest absolute Gasteiger partial charge is 0.306 e. The van der Waals surface area contributed by atoms with Crippen molar-refractivity contribution in [2.75, 3.05) is 13.7 Å². The fraction of sp³-hybridized carbons (Fsp3) is 0.533. The van der Waals surface area contributed by atoms with Gasteiger partial charge in [0.05, 0.1) is 20.1 Å². The molecule has 0 bridgehead atoms. The van der Waals surface area contributed by atoms with Gasteiger partial charge in [0, 0.05) is 12.0 Å². The maximum Gasteiger partial charge on any atom is 0.306 e. The molecular weight excluding hydrogens is 244 g/mol. The molecule has 1 aliphatic rings. The van der Waals surface area contributed by atoms with E-state index in [9.17, 15) is 4.79 Å². The third-order valence-electron chi connectivity index (χ3n) is 3.70.